The van der Waals surface area contributed by atoms with Crippen LogP contribution in [0, 0.1) is 0 Å². The maximum absolute atomic E-state index is 4.33. The number of hydrogen-bond acceptors (Lipinski definition) is 2. The van der Waals surface area contributed by atoms with Gasteiger partial charge >= 0.3 is 0 Å². The maximum atomic E-state index is 4.33. The van der Waals surface area contributed by atoms with Crippen LogP contribution in [-0.4, -0.2) is 12.0 Å². The Hall–Kier alpha value is -1.67. The van der Waals surface area contributed by atoms with E-state index in [1.807, 2.05) is 13.2 Å². The zero-order chi connectivity index (χ0) is 12.1. The van der Waals surface area contributed by atoms with E-state index in [1.54, 1.807) is 0 Å². The fourth-order valence-corrected chi connectivity index (χ4v) is 1.87. The minimum Gasteiger partial charge on any atom is -0.314 e. The molecule has 0 aliphatic rings. The summed E-state index contributed by atoms with van der Waals surface area (Å²) in [5, 5.41) is 3.12. The maximum Gasteiger partial charge on any atom is 0.0547 e. The molecule has 0 fully saturated rings. The molecular formula is C15H18N2. The van der Waals surface area contributed by atoms with Crippen LogP contribution < -0.4 is 5.32 Å². The number of hydrogen-bond donors (Lipinski definition) is 1. The van der Waals surface area contributed by atoms with Crippen molar-refractivity contribution in [2.75, 3.05) is 7.05 Å². The third-order valence-electron chi connectivity index (χ3n) is 2.87. The van der Waals surface area contributed by atoms with Gasteiger partial charge in [-0.15, -0.1) is 0 Å². The summed E-state index contributed by atoms with van der Waals surface area (Å²) < 4.78 is 0. The second kappa shape index (κ2) is 5.60. The fraction of sp³-hybridized carbons (Fsp3) is 0.267. The molecule has 17 heavy (non-hydrogen) atoms. The SMILES string of the molecule is CCc1ccc(-c2ccnc(CNC)c2)cc1. The second-order valence-corrected chi connectivity index (χ2v) is 4.12. The van der Waals surface area contributed by atoms with Gasteiger partial charge in [-0.25, -0.2) is 0 Å². The highest BCUT2D eigenvalue weighted by molar-refractivity contribution is 5.63. The van der Waals surface area contributed by atoms with Crippen molar-refractivity contribution < 1.29 is 0 Å². The molecule has 0 unspecified atom stereocenters. The molecule has 2 heteroatoms. The number of benzene rings is 1. The third-order valence-corrected chi connectivity index (χ3v) is 2.87. The predicted octanol–water partition coefficient (Wildman–Crippen LogP) is 3.03. The monoisotopic (exact) mass is 226 g/mol. The molecular weight excluding hydrogens is 208 g/mol. The first-order valence-corrected chi connectivity index (χ1v) is 6.02. The molecule has 1 heterocycles. The largest absolute Gasteiger partial charge is 0.314 e. The summed E-state index contributed by atoms with van der Waals surface area (Å²) in [4.78, 5) is 4.33. The number of aromatic nitrogens is 1. The van der Waals surface area contributed by atoms with Crippen LogP contribution in [0.5, 0.6) is 0 Å². The third kappa shape index (κ3) is 2.92. The fourth-order valence-electron chi connectivity index (χ4n) is 1.87. The first kappa shape index (κ1) is 11.8. The number of aryl methyl sites for hydroxylation is 1. The van der Waals surface area contributed by atoms with Crippen molar-refractivity contribution in [3.8, 4) is 11.1 Å². The van der Waals surface area contributed by atoms with E-state index in [-0.39, 0.29) is 0 Å². The van der Waals surface area contributed by atoms with E-state index in [0.717, 1.165) is 18.7 Å². The first-order chi connectivity index (χ1) is 8.33. The number of rotatable bonds is 4. The Morgan fingerprint density at radius 1 is 1.06 bits per heavy atom. The van der Waals surface area contributed by atoms with Crippen molar-refractivity contribution in [2.45, 2.75) is 19.9 Å². The molecule has 2 rings (SSSR count). The molecule has 2 aromatic rings. The molecule has 1 N–H and O–H groups in total. The zero-order valence-electron chi connectivity index (χ0n) is 10.4. The molecule has 1 aromatic heterocycles. The number of nitrogens with one attached hydrogen (secondary N) is 1. The quantitative estimate of drug-likeness (QED) is 0.866. The molecule has 0 aliphatic heterocycles. The van der Waals surface area contributed by atoms with Crippen LogP contribution in [0.4, 0.5) is 0 Å². The highest BCUT2D eigenvalue weighted by Gasteiger charge is 2.00. The number of nitrogens with zero attached hydrogens (tertiary/aromatic N) is 1. The van der Waals surface area contributed by atoms with E-state index >= 15 is 0 Å². The normalized spacial score (nSPS) is 10.5. The Morgan fingerprint density at radius 3 is 2.47 bits per heavy atom. The lowest BCUT2D eigenvalue weighted by Crippen LogP contribution is -2.06. The molecule has 0 amide bonds. The van der Waals surface area contributed by atoms with Crippen molar-refractivity contribution in [3.63, 3.8) is 0 Å². The van der Waals surface area contributed by atoms with Gasteiger partial charge in [0.2, 0.25) is 0 Å². The molecule has 2 nitrogen and oxygen atoms in total. The Morgan fingerprint density at radius 2 is 1.82 bits per heavy atom. The smallest absolute Gasteiger partial charge is 0.0547 e. The minimum atomic E-state index is 0.806. The van der Waals surface area contributed by atoms with Crippen LogP contribution in [-0.2, 0) is 13.0 Å². The van der Waals surface area contributed by atoms with E-state index in [0.29, 0.717) is 0 Å². The summed E-state index contributed by atoms with van der Waals surface area (Å²) >= 11 is 0. The van der Waals surface area contributed by atoms with Crippen LogP contribution in [0.25, 0.3) is 11.1 Å². The van der Waals surface area contributed by atoms with Gasteiger partial charge < -0.3 is 5.32 Å². The van der Waals surface area contributed by atoms with Gasteiger partial charge in [0.1, 0.15) is 0 Å². The molecule has 0 spiro atoms. The lowest BCUT2D eigenvalue weighted by Gasteiger charge is -2.05. The average Bonchev–Trinajstić information content (AvgIpc) is 2.40. The summed E-state index contributed by atoms with van der Waals surface area (Å²) in [5.41, 5.74) is 4.93. The van der Waals surface area contributed by atoms with Gasteiger partial charge in [-0.1, -0.05) is 31.2 Å². The van der Waals surface area contributed by atoms with Gasteiger partial charge in [-0.3, -0.25) is 4.98 Å². The van der Waals surface area contributed by atoms with E-state index in [1.165, 1.54) is 16.7 Å². The standard InChI is InChI=1S/C15H18N2/c1-3-12-4-6-13(7-5-12)14-8-9-17-15(10-14)11-16-2/h4-10,16H,3,11H2,1-2H3. The van der Waals surface area contributed by atoms with Crippen LogP contribution in [0.2, 0.25) is 0 Å². The van der Waals surface area contributed by atoms with Crippen LogP contribution in [0.15, 0.2) is 42.6 Å². The number of pyridine rings is 1. The predicted molar refractivity (Wildman–Crippen MR) is 71.8 cm³/mol. The van der Waals surface area contributed by atoms with Gasteiger partial charge in [0.25, 0.3) is 0 Å². The molecule has 0 bridgehead atoms. The van der Waals surface area contributed by atoms with Crippen molar-refractivity contribution in [1.82, 2.24) is 10.3 Å². The van der Waals surface area contributed by atoms with Gasteiger partial charge in [-0.2, -0.15) is 0 Å². The summed E-state index contributed by atoms with van der Waals surface area (Å²) in [6.07, 6.45) is 2.96. The molecule has 1 aromatic carbocycles. The van der Waals surface area contributed by atoms with Gasteiger partial charge in [-0.05, 0) is 42.3 Å². The average molecular weight is 226 g/mol. The van der Waals surface area contributed by atoms with Gasteiger partial charge in [0.15, 0.2) is 0 Å². The van der Waals surface area contributed by atoms with Crippen LogP contribution in [0.3, 0.4) is 0 Å². The van der Waals surface area contributed by atoms with Crippen molar-refractivity contribution in [2.24, 2.45) is 0 Å². The molecule has 0 atom stereocenters. The Bertz CT molecular complexity index is 475. The summed E-state index contributed by atoms with van der Waals surface area (Å²) in [5.74, 6) is 0. The highest BCUT2D eigenvalue weighted by Crippen LogP contribution is 2.20. The lowest BCUT2D eigenvalue weighted by molar-refractivity contribution is 0.791. The highest BCUT2D eigenvalue weighted by atomic mass is 14.8. The van der Waals surface area contributed by atoms with Crippen molar-refractivity contribution in [3.05, 3.63) is 53.9 Å². The van der Waals surface area contributed by atoms with Crippen molar-refractivity contribution >= 4 is 0 Å². The molecule has 0 aliphatic carbocycles. The van der Waals surface area contributed by atoms with E-state index < -0.39 is 0 Å². The Balaban J connectivity index is 2.28. The molecule has 0 radical (unpaired) electrons. The Kier molecular flexibility index (Phi) is 3.89. The van der Waals surface area contributed by atoms with Crippen molar-refractivity contribution in [1.29, 1.82) is 0 Å². The molecule has 0 saturated heterocycles. The van der Waals surface area contributed by atoms with Gasteiger partial charge in [0.05, 0.1) is 5.69 Å². The topological polar surface area (TPSA) is 24.9 Å². The van der Waals surface area contributed by atoms with Gasteiger partial charge in [0, 0.05) is 12.7 Å². The van der Waals surface area contributed by atoms with E-state index in [9.17, 15) is 0 Å². The Labute approximate surface area is 103 Å². The van der Waals surface area contributed by atoms with Crippen LogP contribution >= 0.6 is 0 Å². The summed E-state index contributed by atoms with van der Waals surface area (Å²) in [6.45, 7) is 2.98. The lowest BCUT2D eigenvalue weighted by atomic mass is 10.0. The summed E-state index contributed by atoms with van der Waals surface area (Å²) in [7, 11) is 1.93. The first-order valence-electron chi connectivity index (χ1n) is 6.02. The molecule has 0 saturated carbocycles. The zero-order valence-corrected chi connectivity index (χ0v) is 10.4. The van der Waals surface area contributed by atoms with Crippen LogP contribution in [0.1, 0.15) is 18.2 Å². The minimum absolute atomic E-state index is 0.806. The summed E-state index contributed by atoms with van der Waals surface area (Å²) in [6, 6.07) is 12.9. The van der Waals surface area contributed by atoms with E-state index in [4.69, 9.17) is 0 Å². The molecule has 88 valence electrons. The second-order valence-electron chi connectivity index (χ2n) is 4.12. The van der Waals surface area contributed by atoms with E-state index in [2.05, 4.69) is 53.6 Å².